The van der Waals surface area contributed by atoms with E-state index in [1.165, 1.54) is 76.2 Å². The summed E-state index contributed by atoms with van der Waals surface area (Å²) < 4.78 is 0. The lowest BCUT2D eigenvalue weighted by molar-refractivity contribution is -0.118. The van der Waals surface area contributed by atoms with Gasteiger partial charge < -0.3 is 4.79 Å². The van der Waals surface area contributed by atoms with Crippen LogP contribution in [0.5, 0.6) is 0 Å². The Labute approximate surface area is 137 Å². The van der Waals surface area contributed by atoms with E-state index in [0.717, 1.165) is 6.42 Å². The Bertz CT molecular complexity index is 410. The summed E-state index contributed by atoms with van der Waals surface area (Å²) in [4.78, 5) is 11.8. The molecular weight excluding hydrogens is 268 g/mol. The van der Waals surface area contributed by atoms with Crippen molar-refractivity contribution in [3.63, 3.8) is 0 Å². The lowest BCUT2D eigenvalue weighted by atomic mass is 9.64. The quantitative estimate of drug-likeness (QED) is 0.475. The molecule has 0 saturated heterocycles. The Morgan fingerprint density at radius 3 is 2.68 bits per heavy atom. The fraction of sp³-hybridized carbons (Fsp3) is 0.762. The minimum atomic E-state index is 0.360. The lowest BCUT2D eigenvalue weighted by Crippen LogP contribution is -2.31. The molecule has 1 heteroatoms. The van der Waals surface area contributed by atoms with Gasteiger partial charge in [-0.3, -0.25) is 0 Å². The maximum atomic E-state index is 11.8. The summed E-state index contributed by atoms with van der Waals surface area (Å²) in [6.07, 6.45) is 22.4. The molecule has 0 aliphatic heterocycles. The van der Waals surface area contributed by atoms with Crippen molar-refractivity contribution in [3.8, 4) is 0 Å². The first-order valence-corrected chi connectivity index (χ1v) is 9.54. The Morgan fingerprint density at radius 1 is 1.23 bits per heavy atom. The average Bonchev–Trinajstić information content (AvgIpc) is 2.81. The maximum absolute atomic E-state index is 11.8. The number of hydrogen-bond donors (Lipinski definition) is 0. The average molecular weight is 303 g/mol. The third-order valence-corrected chi connectivity index (χ3v) is 5.76. The van der Waals surface area contributed by atoms with Gasteiger partial charge in [0, 0.05) is 6.42 Å². The number of unbranched alkanes of at least 4 members (excludes halogenated alkanes) is 4. The largest absolute Gasteiger partial charge is 0.300 e. The standard InChI is InChI=1S/C21H34O/c1-3-4-5-6-7-9-12-19-13-16-21(14-10-8-11-15-21)20(19)17-18(2)22/h9,12-13,20H,3-8,10-11,14-17H2,1-2H3/b12-9+. The van der Waals surface area contributed by atoms with Crippen molar-refractivity contribution in [3.05, 3.63) is 23.8 Å². The van der Waals surface area contributed by atoms with Gasteiger partial charge in [-0.2, -0.15) is 0 Å². The third kappa shape index (κ3) is 4.57. The molecule has 0 aromatic rings. The molecule has 1 atom stereocenters. The van der Waals surface area contributed by atoms with E-state index in [2.05, 4.69) is 25.2 Å². The highest BCUT2D eigenvalue weighted by Gasteiger charge is 2.43. The molecule has 1 saturated carbocycles. The molecule has 0 aromatic heterocycles. The summed E-state index contributed by atoms with van der Waals surface area (Å²) in [7, 11) is 0. The molecule has 0 aromatic carbocycles. The first-order valence-electron chi connectivity index (χ1n) is 9.54. The van der Waals surface area contributed by atoms with Crippen molar-refractivity contribution in [2.45, 2.75) is 90.9 Å². The number of carbonyl (C=O) groups is 1. The number of ketones is 1. The molecule has 0 N–H and O–H groups in total. The normalized spacial score (nSPS) is 24.1. The van der Waals surface area contributed by atoms with Crippen molar-refractivity contribution in [1.82, 2.24) is 0 Å². The van der Waals surface area contributed by atoms with E-state index in [-0.39, 0.29) is 0 Å². The summed E-state index contributed by atoms with van der Waals surface area (Å²) >= 11 is 0. The Balaban J connectivity index is 1.94. The van der Waals surface area contributed by atoms with E-state index >= 15 is 0 Å². The summed E-state index contributed by atoms with van der Waals surface area (Å²) in [6.45, 7) is 4.02. The Hall–Kier alpha value is -0.850. The molecule has 0 amide bonds. The van der Waals surface area contributed by atoms with E-state index in [9.17, 15) is 4.79 Å². The molecule has 0 radical (unpaired) electrons. The number of allylic oxidation sites excluding steroid dienone is 4. The Morgan fingerprint density at radius 2 is 2.00 bits per heavy atom. The Kier molecular flexibility index (Phi) is 6.92. The van der Waals surface area contributed by atoms with Gasteiger partial charge >= 0.3 is 0 Å². The highest BCUT2D eigenvalue weighted by Crippen LogP contribution is 2.54. The van der Waals surface area contributed by atoms with E-state index in [1.54, 1.807) is 6.92 Å². The van der Waals surface area contributed by atoms with Gasteiger partial charge in [-0.15, -0.1) is 0 Å². The van der Waals surface area contributed by atoms with E-state index < -0.39 is 0 Å². The van der Waals surface area contributed by atoms with Crippen molar-refractivity contribution >= 4 is 5.78 Å². The zero-order valence-electron chi connectivity index (χ0n) is 14.7. The molecule has 1 nitrogen and oxygen atoms in total. The van der Waals surface area contributed by atoms with Gasteiger partial charge in [-0.1, -0.05) is 63.7 Å². The van der Waals surface area contributed by atoms with Crippen LogP contribution in [0.15, 0.2) is 23.8 Å². The van der Waals surface area contributed by atoms with E-state index in [4.69, 9.17) is 0 Å². The van der Waals surface area contributed by atoms with E-state index in [1.807, 2.05) is 0 Å². The van der Waals surface area contributed by atoms with Crippen LogP contribution in [0.1, 0.15) is 90.9 Å². The molecule has 1 unspecified atom stereocenters. The molecule has 1 spiro atoms. The molecule has 124 valence electrons. The zero-order chi connectivity index (χ0) is 15.8. The highest BCUT2D eigenvalue weighted by molar-refractivity contribution is 5.76. The van der Waals surface area contributed by atoms with Crippen LogP contribution in [0.3, 0.4) is 0 Å². The minimum Gasteiger partial charge on any atom is -0.300 e. The zero-order valence-corrected chi connectivity index (χ0v) is 14.7. The van der Waals surface area contributed by atoms with Gasteiger partial charge in [0.05, 0.1) is 0 Å². The topological polar surface area (TPSA) is 17.1 Å². The van der Waals surface area contributed by atoms with Crippen LogP contribution in [0.4, 0.5) is 0 Å². The van der Waals surface area contributed by atoms with Crippen molar-refractivity contribution in [2.75, 3.05) is 0 Å². The lowest BCUT2D eigenvalue weighted by Gasteiger charge is -2.40. The van der Waals surface area contributed by atoms with Crippen LogP contribution in [0.25, 0.3) is 0 Å². The van der Waals surface area contributed by atoms with Crippen molar-refractivity contribution < 1.29 is 4.79 Å². The fourth-order valence-corrected chi connectivity index (χ4v) is 4.48. The van der Waals surface area contributed by atoms with Crippen molar-refractivity contribution in [2.24, 2.45) is 11.3 Å². The summed E-state index contributed by atoms with van der Waals surface area (Å²) in [5.41, 5.74) is 1.89. The fourth-order valence-electron chi connectivity index (χ4n) is 4.48. The minimum absolute atomic E-state index is 0.360. The van der Waals surface area contributed by atoms with Gasteiger partial charge in [-0.25, -0.2) is 0 Å². The van der Waals surface area contributed by atoms with E-state index in [0.29, 0.717) is 17.1 Å². The van der Waals surface area contributed by atoms with Crippen LogP contribution >= 0.6 is 0 Å². The third-order valence-electron chi connectivity index (χ3n) is 5.76. The van der Waals surface area contributed by atoms with Crippen LogP contribution in [0.2, 0.25) is 0 Å². The maximum Gasteiger partial charge on any atom is 0.130 e. The van der Waals surface area contributed by atoms with Gasteiger partial charge in [0.25, 0.3) is 0 Å². The van der Waals surface area contributed by atoms with Crippen molar-refractivity contribution in [1.29, 1.82) is 0 Å². The summed E-state index contributed by atoms with van der Waals surface area (Å²) in [5.74, 6) is 0.858. The monoisotopic (exact) mass is 302 g/mol. The van der Waals surface area contributed by atoms with Crippen LogP contribution in [-0.4, -0.2) is 5.78 Å². The van der Waals surface area contributed by atoms with Crippen LogP contribution < -0.4 is 0 Å². The molecule has 22 heavy (non-hydrogen) atoms. The number of rotatable bonds is 8. The molecule has 2 aliphatic carbocycles. The molecule has 2 rings (SSSR count). The molecule has 1 fully saturated rings. The highest BCUT2D eigenvalue weighted by atomic mass is 16.1. The van der Waals surface area contributed by atoms with Crippen LogP contribution in [0, 0.1) is 11.3 Å². The second-order valence-electron chi connectivity index (χ2n) is 7.54. The first-order chi connectivity index (χ1) is 10.7. The number of Topliss-reactive ketones (excluding diaryl/α,β-unsaturated/α-hetero) is 1. The number of carbonyl (C=O) groups excluding carboxylic acids is 1. The molecule has 0 bridgehead atoms. The summed E-state index contributed by atoms with van der Waals surface area (Å²) in [6, 6.07) is 0. The van der Waals surface area contributed by atoms with Gasteiger partial charge in [0.2, 0.25) is 0 Å². The second kappa shape index (κ2) is 8.70. The molecule has 2 aliphatic rings. The first kappa shape index (κ1) is 17.5. The van der Waals surface area contributed by atoms with Gasteiger partial charge in [-0.05, 0) is 55.9 Å². The molecular formula is C21H34O. The van der Waals surface area contributed by atoms with Gasteiger partial charge in [0.1, 0.15) is 5.78 Å². The molecule has 0 heterocycles. The SMILES string of the molecule is CCCCCC/C=C/C1=CCC2(CCCCC2)C1CC(C)=O. The predicted molar refractivity (Wildman–Crippen MR) is 94.9 cm³/mol. The second-order valence-corrected chi connectivity index (χ2v) is 7.54. The van der Waals surface area contributed by atoms with Gasteiger partial charge in [0.15, 0.2) is 0 Å². The smallest absolute Gasteiger partial charge is 0.130 e. The summed E-state index contributed by atoms with van der Waals surface area (Å²) in [5, 5.41) is 0. The van der Waals surface area contributed by atoms with Crippen LogP contribution in [-0.2, 0) is 4.79 Å². The number of hydrogen-bond acceptors (Lipinski definition) is 1. The predicted octanol–water partition coefficient (Wildman–Crippen LogP) is 6.39.